The number of rotatable bonds is 7. The second-order valence-corrected chi connectivity index (χ2v) is 6.77. The monoisotopic (exact) mass is 388 g/mol. The zero-order valence-electron chi connectivity index (χ0n) is 15.9. The average molecular weight is 388 g/mol. The summed E-state index contributed by atoms with van der Waals surface area (Å²) in [4.78, 5) is 51.9. The highest BCUT2D eigenvalue weighted by Gasteiger charge is 2.30. The summed E-state index contributed by atoms with van der Waals surface area (Å²) < 4.78 is 10.3. The molecule has 1 aromatic carbocycles. The predicted molar refractivity (Wildman–Crippen MR) is 100 cm³/mol. The predicted octanol–water partition coefficient (Wildman–Crippen LogP) is 1.56. The van der Waals surface area contributed by atoms with E-state index in [1.54, 1.807) is 30.0 Å². The molecular weight excluding hydrogens is 364 g/mol. The number of likely N-dealkylation sites (tertiary alicyclic amines) is 1. The minimum absolute atomic E-state index is 0.00362. The number of amides is 2. The first-order valence-corrected chi connectivity index (χ1v) is 9.53. The molecule has 0 radical (unpaired) electrons. The lowest BCUT2D eigenvalue weighted by atomic mass is 10.0. The van der Waals surface area contributed by atoms with Gasteiger partial charge in [-0.25, -0.2) is 0 Å². The van der Waals surface area contributed by atoms with Crippen LogP contribution in [0.15, 0.2) is 18.2 Å². The molecule has 0 saturated carbocycles. The number of carbonyl (C=O) groups excluding carboxylic acids is 4. The van der Waals surface area contributed by atoms with E-state index in [1.807, 2.05) is 0 Å². The smallest absolute Gasteiger partial charge is 0.306 e. The maximum Gasteiger partial charge on any atom is 0.306 e. The van der Waals surface area contributed by atoms with Gasteiger partial charge in [-0.15, -0.1) is 0 Å². The molecule has 0 unspecified atom stereocenters. The lowest BCUT2D eigenvalue weighted by Crippen LogP contribution is -2.45. The van der Waals surface area contributed by atoms with E-state index in [9.17, 15) is 19.2 Å². The van der Waals surface area contributed by atoms with Crippen molar-refractivity contribution >= 4 is 29.3 Å². The van der Waals surface area contributed by atoms with Crippen LogP contribution in [-0.4, -0.2) is 61.3 Å². The Morgan fingerprint density at radius 3 is 2.61 bits per heavy atom. The van der Waals surface area contributed by atoms with Crippen LogP contribution in [-0.2, 0) is 19.1 Å². The third kappa shape index (κ3) is 4.49. The van der Waals surface area contributed by atoms with Gasteiger partial charge in [0.1, 0.15) is 12.3 Å². The van der Waals surface area contributed by atoms with Crippen LogP contribution in [0.2, 0.25) is 0 Å². The fraction of sp³-hybridized carbons (Fsp3) is 0.500. The molecule has 8 heteroatoms. The van der Waals surface area contributed by atoms with Crippen LogP contribution >= 0.6 is 0 Å². The molecule has 3 rings (SSSR count). The van der Waals surface area contributed by atoms with Crippen molar-refractivity contribution in [3.63, 3.8) is 0 Å². The molecule has 0 aliphatic carbocycles. The van der Waals surface area contributed by atoms with E-state index in [0.717, 1.165) is 12.8 Å². The molecular formula is C20H24N2O6. The van der Waals surface area contributed by atoms with Crippen LogP contribution in [0.3, 0.4) is 0 Å². The summed E-state index contributed by atoms with van der Waals surface area (Å²) in [5.41, 5.74) is 0.769. The number of ether oxygens (including phenoxy) is 2. The van der Waals surface area contributed by atoms with Crippen molar-refractivity contribution in [2.75, 3.05) is 37.7 Å². The summed E-state index contributed by atoms with van der Waals surface area (Å²) >= 11 is 0. The quantitative estimate of drug-likeness (QED) is 0.520. The fourth-order valence-corrected chi connectivity index (χ4v) is 3.34. The Labute approximate surface area is 163 Å². The third-order valence-electron chi connectivity index (χ3n) is 4.84. The standard InChI is InChI=1S/C20H24N2O6/c1-2-27-20(26)8-6-16(23)14-5-7-17-15(11-14)22(19(25)13-28-17)12-18(24)21-9-3-4-10-21/h5,7,11H,2-4,6,8-10,12-13H2,1H3. The number of fused-ring (bicyclic) bond motifs is 1. The van der Waals surface area contributed by atoms with E-state index in [2.05, 4.69) is 0 Å². The largest absolute Gasteiger partial charge is 0.482 e. The van der Waals surface area contributed by atoms with E-state index < -0.39 is 5.97 Å². The van der Waals surface area contributed by atoms with Gasteiger partial charge in [0.2, 0.25) is 5.91 Å². The summed E-state index contributed by atoms with van der Waals surface area (Å²) in [6.07, 6.45) is 1.95. The molecule has 0 atom stereocenters. The number of hydrogen-bond acceptors (Lipinski definition) is 6. The lowest BCUT2D eigenvalue weighted by molar-refractivity contribution is -0.143. The van der Waals surface area contributed by atoms with Gasteiger partial charge < -0.3 is 14.4 Å². The van der Waals surface area contributed by atoms with Crippen molar-refractivity contribution < 1.29 is 28.7 Å². The van der Waals surface area contributed by atoms with Gasteiger partial charge in [-0.05, 0) is 38.0 Å². The van der Waals surface area contributed by atoms with Crippen LogP contribution in [0.1, 0.15) is 43.0 Å². The van der Waals surface area contributed by atoms with Crippen LogP contribution in [0, 0.1) is 0 Å². The van der Waals surface area contributed by atoms with Crippen molar-refractivity contribution in [1.82, 2.24) is 4.90 Å². The first-order chi connectivity index (χ1) is 13.5. The fourth-order valence-electron chi connectivity index (χ4n) is 3.34. The number of anilines is 1. The molecule has 2 aliphatic heterocycles. The van der Waals surface area contributed by atoms with Gasteiger partial charge in [-0.3, -0.25) is 24.1 Å². The van der Waals surface area contributed by atoms with Gasteiger partial charge in [0, 0.05) is 25.1 Å². The number of carbonyl (C=O) groups is 4. The Kier molecular flexibility index (Phi) is 6.28. The maximum atomic E-state index is 12.5. The van der Waals surface area contributed by atoms with Crippen molar-refractivity contribution in [3.8, 4) is 5.75 Å². The molecule has 28 heavy (non-hydrogen) atoms. The van der Waals surface area contributed by atoms with Crippen LogP contribution in [0.4, 0.5) is 5.69 Å². The Balaban J connectivity index is 1.74. The highest BCUT2D eigenvalue weighted by molar-refractivity contribution is 6.04. The molecule has 0 aromatic heterocycles. The molecule has 2 amide bonds. The molecule has 2 heterocycles. The van der Waals surface area contributed by atoms with Crippen LogP contribution in [0.5, 0.6) is 5.75 Å². The van der Waals surface area contributed by atoms with Crippen LogP contribution in [0.25, 0.3) is 0 Å². The summed E-state index contributed by atoms with van der Waals surface area (Å²) in [6, 6.07) is 4.77. The summed E-state index contributed by atoms with van der Waals surface area (Å²) in [5, 5.41) is 0. The van der Waals surface area contributed by atoms with E-state index >= 15 is 0 Å². The second kappa shape index (κ2) is 8.86. The zero-order chi connectivity index (χ0) is 20.1. The van der Waals surface area contributed by atoms with Gasteiger partial charge in [-0.1, -0.05) is 0 Å². The van der Waals surface area contributed by atoms with Gasteiger partial charge in [0.25, 0.3) is 5.91 Å². The highest BCUT2D eigenvalue weighted by atomic mass is 16.5. The SMILES string of the molecule is CCOC(=O)CCC(=O)c1ccc2c(c1)N(CC(=O)N1CCCC1)C(=O)CO2. The first-order valence-electron chi connectivity index (χ1n) is 9.53. The lowest BCUT2D eigenvalue weighted by Gasteiger charge is -2.30. The van der Waals surface area contributed by atoms with Gasteiger partial charge in [-0.2, -0.15) is 0 Å². The summed E-state index contributed by atoms with van der Waals surface area (Å²) in [7, 11) is 0. The molecule has 1 fully saturated rings. The topological polar surface area (TPSA) is 93.2 Å². The summed E-state index contributed by atoms with van der Waals surface area (Å²) in [6.45, 7) is 3.17. The van der Waals surface area contributed by atoms with E-state index in [4.69, 9.17) is 9.47 Å². The maximum absolute atomic E-state index is 12.5. The Morgan fingerprint density at radius 1 is 1.14 bits per heavy atom. The van der Waals surface area contributed by atoms with Crippen molar-refractivity contribution in [2.24, 2.45) is 0 Å². The average Bonchev–Trinajstić information content (AvgIpc) is 3.23. The number of esters is 1. The Morgan fingerprint density at radius 2 is 1.89 bits per heavy atom. The van der Waals surface area contributed by atoms with E-state index in [0.29, 0.717) is 30.1 Å². The minimum Gasteiger partial charge on any atom is -0.482 e. The van der Waals surface area contributed by atoms with Gasteiger partial charge >= 0.3 is 5.97 Å². The van der Waals surface area contributed by atoms with Crippen molar-refractivity contribution in [2.45, 2.75) is 32.6 Å². The second-order valence-electron chi connectivity index (χ2n) is 6.77. The molecule has 150 valence electrons. The minimum atomic E-state index is -0.426. The molecule has 0 spiro atoms. The van der Waals surface area contributed by atoms with Crippen molar-refractivity contribution in [3.05, 3.63) is 23.8 Å². The molecule has 1 saturated heterocycles. The molecule has 8 nitrogen and oxygen atoms in total. The Bertz CT molecular complexity index is 785. The first kappa shape index (κ1) is 19.9. The third-order valence-corrected chi connectivity index (χ3v) is 4.84. The van der Waals surface area contributed by atoms with Gasteiger partial charge in [0.15, 0.2) is 12.4 Å². The number of hydrogen-bond donors (Lipinski definition) is 0. The number of nitrogens with zero attached hydrogens (tertiary/aromatic N) is 2. The van der Waals surface area contributed by atoms with Gasteiger partial charge in [0.05, 0.1) is 18.7 Å². The number of ketones is 1. The van der Waals surface area contributed by atoms with Crippen molar-refractivity contribution in [1.29, 1.82) is 0 Å². The molecule has 0 bridgehead atoms. The van der Waals surface area contributed by atoms with E-state index in [1.165, 1.54) is 4.90 Å². The molecule has 2 aliphatic rings. The molecule has 0 N–H and O–H groups in total. The Hall–Kier alpha value is -2.90. The molecule has 1 aromatic rings. The highest BCUT2D eigenvalue weighted by Crippen LogP contribution is 2.33. The van der Waals surface area contributed by atoms with Crippen LogP contribution < -0.4 is 9.64 Å². The van der Waals surface area contributed by atoms with E-state index in [-0.39, 0.29) is 50.2 Å². The number of Topliss-reactive ketones (excluding diaryl/α,β-unsaturated/α-hetero) is 1. The zero-order valence-corrected chi connectivity index (χ0v) is 15.9. The normalized spacial score (nSPS) is 15.8. The summed E-state index contributed by atoms with van der Waals surface area (Å²) in [5.74, 6) is -0.644. The number of benzene rings is 1.